The molecule has 166 valence electrons. The van der Waals surface area contributed by atoms with E-state index in [0.29, 0.717) is 23.8 Å². The third-order valence-corrected chi connectivity index (χ3v) is 6.11. The third-order valence-electron chi connectivity index (χ3n) is 5.10. The van der Waals surface area contributed by atoms with Crippen LogP contribution >= 0.6 is 11.3 Å². The summed E-state index contributed by atoms with van der Waals surface area (Å²) < 4.78 is 5.71. The van der Waals surface area contributed by atoms with Crippen LogP contribution in [-0.4, -0.2) is 36.8 Å². The zero-order valence-corrected chi connectivity index (χ0v) is 19.5. The molecule has 0 saturated carbocycles. The van der Waals surface area contributed by atoms with E-state index in [1.54, 1.807) is 18.4 Å². The Morgan fingerprint density at radius 3 is 2.62 bits per heavy atom. The normalized spacial score (nSPS) is 14.2. The number of fused-ring (bicyclic) bond motifs is 1. The van der Waals surface area contributed by atoms with Gasteiger partial charge in [0.1, 0.15) is 21.8 Å². The van der Waals surface area contributed by atoms with E-state index in [-0.39, 0.29) is 6.10 Å². The maximum Gasteiger partial charge on any atom is 0.206 e. The van der Waals surface area contributed by atoms with Crippen LogP contribution in [0, 0.1) is 11.3 Å². The standard InChI is InChI=1S/C22H22N4OS.C2H5NO/c1-13(2)27-20-10-7-14(11-15(20)12-23)21-25-26-22(28-21)18-6-4-5-17-16(18)8-9-19(17)24-3;1-3-2-4/h4-7,10-11,13,19,24H,8-9H2,1-3H3;2H,1H3,(H,3,4). The number of carbonyl (C=O) groups is 1. The van der Waals surface area contributed by atoms with Crippen molar-refractivity contribution in [2.45, 2.75) is 38.8 Å². The summed E-state index contributed by atoms with van der Waals surface area (Å²) in [4.78, 5) is 9.06. The van der Waals surface area contributed by atoms with E-state index in [9.17, 15) is 5.26 Å². The van der Waals surface area contributed by atoms with E-state index in [1.165, 1.54) is 16.7 Å². The van der Waals surface area contributed by atoms with Crippen molar-refractivity contribution < 1.29 is 9.53 Å². The van der Waals surface area contributed by atoms with Gasteiger partial charge in [0.2, 0.25) is 6.41 Å². The van der Waals surface area contributed by atoms with Crippen LogP contribution in [0.15, 0.2) is 36.4 Å². The molecule has 1 heterocycles. The SMILES string of the molecule is CNC1CCc2c(-c3nnc(-c4ccc(OC(C)C)c(C#N)c4)s3)cccc21.CNC=O. The molecule has 0 radical (unpaired) electrons. The fraction of sp³-hybridized carbons (Fsp3) is 0.333. The van der Waals surface area contributed by atoms with Crippen molar-refractivity contribution in [2.24, 2.45) is 0 Å². The molecule has 8 heteroatoms. The van der Waals surface area contributed by atoms with E-state index in [4.69, 9.17) is 9.53 Å². The van der Waals surface area contributed by atoms with Gasteiger partial charge in [0.05, 0.1) is 11.7 Å². The molecule has 2 aromatic carbocycles. The second-order valence-electron chi connectivity index (χ2n) is 7.56. The summed E-state index contributed by atoms with van der Waals surface area (Å²) in [6.45, 7) is 3.89. The van der Waals surface area contributed by atoms with Gasteiger partial charge in [-0.15, -0.1) is 10.2 Å². The fourth-order valence-electron chi connectivity index (χ4n) is 3.71. The Morgan fingerprint density at radius 1 is 1.22 bits per heavy atom. The highest BCUT2D eigenvalue weighted by Gasteiger charge is 2.25. The number of rotatable bonds is 6. The van der Waals surface area contributed by atoms with Crippen LogP contribution in [0.4, 0.5) is 0 Å². The lowest BCUT2D eigenvalue weighted by Crippen LogP contribution is -2.12. The van der Waals surface area contributed by atoms with Crippen molar-refractivity contribution in [1.29, 1.82) is 5.26 Å². The Morgan fingerprint density at radius 2 is 1.97 bits per heavy atom. The molecule has 1 unspecified atom stereocenters. The Balaban J connectivity index is 0.000000668. The monoisotopic (exact) mass is 449 g/mol. The topological polar surface area (TPSA) is 99.9 Å². The lowest BCUT2D eigenvalue weighted by Gasteiger charge is -2.11. The molecular weight excluding hydrogens is 422 g/mol. The first-order valence-corrected chi connectivity index (χ1v) is 11.3. The number of nitriles is 1. The number of nitrogens with one attached hydrogen (secondary N) is 2. The maximum atomic E-state index is 9.47. The fourth-order valence-corrected chi connectivity index (χ4v) is 4.60. The van der Waals surface area contributed by atoms with Crippen LogP contribution in [0.2, 0.25) is 0 Å². The summed E-state index contributed by atoms with van der Waals surface area (Å²) >= 11 is 1.56. The van der Waals surface area contributed by atoms with Gasteiger partial charge in [0, 0.05) is 24.2 Å². The third kappa shape index (κ3) is 5.13. The minimum absolute atomic E-state index is 0.0210. The van der Waals surface area contributed by atoms with Crippen molar-refractivity contribution in [1.82, 2.24) is 20.8 Å². The minimum Gasteiger partial charge on any atom is -0.490 e. The van der Waals surface area contributed by atoms with E-state index < -0.39 is 0 Å². The molecule has 32 heavy (non-hydrogen) atoms. The summed E-state index contributed by atoms with van der Waals surface area (Å²) in [7, 11) is 3.57. The second-order valence-corrected chi connectivity index (χ2v) is 8.54. The van der Waals surface area contributed by atoms with E-state index in [1.807, 2.05) is 39.1 Å². The molecule has 1 aliphatic rings. The van der Waals surface area contributed by atoms with Gasteiger partial charge in [-0.3, -0.25) is 4.79 Å². The van der Waals surface area contributed by atoms with Crippen molar-refractivity contribution in [3.63, 3.8) is 0 Å². The van der Waals surface area contributed by atoms with Crippen molar-refractivity contribution in [3.8, 4) is 33.0 Å². The zero-order valence-electron chi connectivity index (χ0n) is 18.7. The Kier molecular flexibility index (Phi) is 7.92. The molecule has 0 fully saturated rings. The molecule has 2 N–H and O–H groups in total. The number of hydrogen-bond acceptors (Lipinski definition) is 7. The van der Waals surface area contributed by atoms with Gasteiger partial charge in [0.15, 0.2) is 0 Å². The highest BCUT2D eigenvalue weighted by atomic mass is 32.1. The average Bonchev–Trinajstić information content (AvgIpc) is 3.46. The summed E-state index contributed by atoms with van der Waals surface area (Å²) in [5.41, 5.74) is 5.29. The van der Waals surface area contributed by atoms with Gasteiger partial charge in [-0.05, 0) is 63.1 Å². The first-order valence-electron chi connectivity index (χ1n) is 10.5. The number of carbonyl (C=O) groups excluding carboxylic acids is 1. The molecule has 3 aromatic rings. The van der Waals surface area contributed by atoms with E-state index in [0.717, 1.165) is 28.4 Å². The smallest absolute Gasteiger partial charge is 0.206 e. The molecule has 1 aromatic heterocycles. The minimum atomic E-state index is 0.0210. The number of ether oxygens (including phenoxy) is 1. The number of hydrogen-bond donors (Lipinski definition) is 2. The quantitative estimate of drug-likeness (QED) is 0.550. The lowest BCUT2D eigenvalue weighted by molar-refractivity contribution is -0.109. The van der Waals surface area contributed by atoms with Crippen LogP contribution in [0.25, 0.3) is 21.1 Å². The number of benzene rings is 2. The number of aromatic nitrogens is 2. The van der Waals surface area contributed by atoms with Gasteiger partial charge < -0.3 is 15.4 Å². The first-order chi connectivity index (χ1) is 15.5. The molecule has 0 spiro atoms. The molecule has 1 atom stereocenters. The maximum absolute atomic E-state index is 9.47. The predicted molar refractivity (Wildman–Crippen MR) is 127 cm³/mol. The number of amides is 1. The van der Waals surface area contributed by atoms with Crippen LogP contribution in [0.3, 0.4) is 0 Å². The van der Waals surface area contributed by atoms with Gasteiger partial charge in [-0.1, -0.05) is 29.5 Å². The predicted octanol–water partition coefficient (Wildman–Crippen LogP) is 4.10. The Bertz CT molecular complexity index is 1120. The molecule has 0 saturated heterocycles. The highest BCUT2D eigenvalue weighted by molar-refractivity contribution is 7.17. The molecule has 1 aliphatic carbocycles. The summed E-state index contributed by atoms with van der Waals surface area (Å²) in [5.74, 6) is 0.602. The first kappa shape index (κ1) is 23.4. The molecule has 7 nitrogen and oxygen atoms in total. The van der Waals surface area contributed by atoms with Crippen LogP contribution < -0.4 is 15.4 Å². The largest absolute Gasteiger partial charge is 0.490 e. The highest BCUT2D eigenvalue weighted by Crippen LogP contribution is 2.40. The lowest BCUT2D eigenvalue weighted by atomic mass is 10.0. The second kappa shape index (κ2) is 10.8. The summed E-state index contributed by atoms with van der Waals surface area (Å²) in [6, 6.07) is 14.7. The molecule has 1 amide bonds. The van der Waals surface area contributed by atoms with E-state index >= 15 is 0 Å². The van der Waals surface area contributed by atoms with Crippen molar-refractivity contribution in [3.05, 3.63) is 53.1 Å². The molecule has 0 bridgehead atoms. The van der Waals surface area contributed by atoms with Gasteiger partial charge in [-0.25, -0.2) is 0 Å². The van der Waals surface area contributed by atoms with Crippen molar-refractivity contribution in [2.75, 3.05) is 14.1 Å². The number of nitrogens with zero attached hydrogens (tertiary/aromatic N) is 3. The summed E-state index contributed by atoms with van der Waals surface area (Å²) in [5, 5.41) is 25.7. The van der Waals surface area contributed by atoms with Crippen LogP contribution in [-0.2, 0) is 11.2 Å². The van der Waals surface area contributed by atoms with Gasteiger partial charge >= 0.3 is 0 Å². The Labute approximate surface area is 192 Å². The van der Waals surface area contributed by atoms with Crippen LogP contribution in [0.5, 0.6) is 5.75 Å². The van der Waals surface area contributed by atoms with Crippen LogP contribution in [0.1, 0.15) is 43.0 Å². The van der Waals surface area contributed by atoms with Gasteiger partial charge in [-0.2, -0.15) is 5.26 Å². The molecule has 4 rings (SSSR count). The van der Waals surface area contributed by atoms with Crippen molar-refractivity contribution >= 4 is 17.7 Å². The molecular formula is C24H27N5O2S. The Hall–Kier alpha value is -3.28. The van der Waals surface area contributed by atoms with E-state index in [2.05, 4.69) is 45.1 Å². The average molecular weight is 450 g/mol. The molecule has 0 aliphatic heterocycles. The zero-order chi connectivity index (χ0) is 23.1. The summed E-state index contributed by atoms with van der Waals surface area (Å²) in [6.07, 6.45) is 2.80. The van der Waals surface area contributed by atoms with Gasteiger partial charge in [0.25, 0.3) is 0 Å².